The van der Waals surface area contributed by atoms with Crippen molar-refractivity contribution in [2.45, 2.75) is 30.9 Å². The van der Waals surface area contributed by atoms with Crippen LogP contribution in [0.2, 0.25) is 0 Å². The number of hydrogen-bond donors (Lipinski definition) is 5. The van der Waals surface area contributed by atoms with Gasteiger partial charge in [0, 0.05) is 6.20 Å². The van der Waals surface area contributed by atoms with E-state index in [1.807, 2.05) is 0 Å². The second kappa shape index (κ2) is 4.59. The summed E-state index contributed by atoms with van der Waals surface area (Å²) < 4.78 is 5.23. The standard InChI is InChI=1S/C9H15N3O5/c10-5-1-2-12(9(16)11-5)8-7(15)6(14)4(3-13)17-8/h1-2,4,6-9,13-16H,3H2,(H2,10,11)/t4-,6?,7?,8-,9?/m1/s1. The van der Waals surface area contributed by atoms with E-state index in [1.54, 1.807) is 0 Å². The van der Waals surface area contributed by atoms with E-state index in [9.17, 15) is 15.3 Å². The maximum Gasteiger partial charge on any atom is 0.229 e. The lowest BCUT2D eigenvalue weighted by atomic mass is 10.1. The van der Waals surface area contributed by atoms with E-state index in [4.69, 9.17) is 15.6 Å². The summed E-state index contributed by atoms with van der Waals surface area (Å²) in [4.78, 5) is 4.88. The highest BCUT2D eigenvalue weighted by Crippen LogP contribution is 2.26. The average molecular weight is 245 g/mol. The van der Waals surface area contributed by atoms with Crippen LogP contribution in [0.4, 0.5) is 0 Å². The lowest BCUT2D eigenvalue weighted by molar-refractivity contribution is -0.129. The topological polar surface area (TPSA) is 132 Å². The van der Waals surface area contributed by atoms with E-state index < -0.39 is 37.5 Å². The highest BCUT2D eigenvalue weighted by atomic mass is 16.6. The Morgan fingerprint density at radius 3 is 2.59 bits per heavy atom. The fourth-order valence-electron chi connectivity index (χ4n) is 1.83. The van der Waals surface area contributed by atoms with Crippen LogP contribution in [-0.2, 0) is 4.74 Å². The predicted octanol–water partition coefficient (Wildman–Crippen LogP) is -3.11. The Balaban J connectivity index is 2.12. The Labute approximate surface area is 97.2 Å². The third-order valence-corrected chi connectivity index (χ3v) is 2.76. The fraction of sp³-hybridized carbons (Fsp3) is 0.667. The molecule has 0 saturated carbocycles. The molecular weight excluding hydrogens is 230 g/mol. The predicted molar refractivity (Wildman–Crippen MR) is 56.4 cm³/mol. The first-order valence-corrected chi connectivity index (χ1v) is 5.14. The highest BCUT2D eigenvalue weighted by Gasteiger charge is 2.46. The Bertz CT molecular complexity index is 348. The van der Waals surface area contributed by atoms with Crippen LogP contribution in [0, 0.1) is 0 Å². The van der Waals surface area contributed by atoms with Gasteiger partial charge in [0.25, 0.3) is 0 Å². The van der Waals surface area contributed by atoms with Crippen LogP contribution in [0.3, 0.4) is 0 Å². The number of ether oxygens (including phenoxy) is 1. The summed E-state index contributed by atoms with van der Waals surface area (Å²) in [6.45, 7) is -0.423. The molecule has 0 bridgehead atoms. The summed E-state index contributed by atoms with van der Waals surface area (Å²) >= 11 is 0. The molecule has 8 nitrogen and oxygen atoms in total. The van der Waals surface area contributed by atoms with E-state index in [0.29, 0.717) is 0 Å². The molecule has 2 heterocycles. The van der Waals surface area contributed by atoms with Gasteiger partial charge in [-0.3, -0.25) is 0 Å². The first kappa shape index (κ1) is 12.3. The first-order valence-electron chi connectivity index (χ1n) is 5.14. The molecule has 6 N–H and O–H groups in total. The number of hydrogen-bond acceptors (Lipinski definition) is 8. The van der Waals surface area contributed by atoms with Gasteiger partial charge in [-0.15, -0.1) is 0 Å². The Kier molecular flexibility index (Phi) is 3.31. The molecule has 5 atom stereocenters. The van der Waals surface area contributed by atoms with E-state index in [0.717, 1.165) is 0 Å². The van der Waals surface area contributed by atoms with Crippen LogP contribution in [0.1, 0.15) is 0 Å². The largest absolute Gasteiger partial charge is 0.394 e. The molecule has 3 unspecified atom stereocenters. The van der Waals surface area contributed by atoms with E-state index in [2.05, 4.69) is 4.99 Å². The van der Waals surface area contributed by atoms with Gasteiger partial charge >= 0.3 is 0 Å². The van der Waals surface area contributed by atoms with Crippen molar-refractivity contribution in [2.75, 3.05) is 6.61 Å². The summed E-state index contributed by atoms with van der Waals surface area (Å²) in [5, 5.41) is 37.9. The van der Waals surface area contributed by atoms with Crippen molar-refractivity contribution < 1.29 is 25.2 Å². The van der Waals surface area contributed by atoms with Crippen LogP contribution in [0.15, 0.2) is 17.3 Å². The molecule has 0 aliphatic carbocycles. The molecule has 1 saturated heterocycles. The molecule has 0 aromatic carbocycles. The Morgan fingerprint density at radius 1 is 1.35 bits per heavy atom. The first-order chi connectivity index (χ1) is 8.04. The summed E-state index contributed by atoms with van der Waals surface area (Å²) in [6, 6.07) is 0. The minimum Gasteiger partial charge on any atom is -0.394 e. The van der Waals surface area contributed by atoms with Gasteiger partial charge in [0.2, 0.25) is 6.35 Å². The van der Waals surface area contributed by atoms with Crippen LogP contribution < -0.4 is 5.73 Å². The molecule has 2 aliphatic heterocycles. The smallest absolute Gasteiger partial charge is 0.229 e. The second-order valence-corrected chi connectivity index (χ2v) is 3.89. The minimum atomic E-state index is -1.29. The number of amidine groups is 1. The Hall–Kier alpha value is -1.19. The van der Waals surface area contributed by atoms with Crippen LogP contribution >= 0.6 is 0 Å². The molecule has 0 radical (unpaired) electrons. The van der Waals surface area contributed by atoms with Gasteiger partial charge in [0.05, 0.1) is 6.61 Å². The van der Waals surface area contributed by atoms with Gasteiger partial charge < -0.3 is 35.8 Å². The van der Waals surface area contributed by atoms with Crippen molar-refractivity contribution in [3.8, 4) is 0 Å². The highest BCUT2D eigenvalue weighted by molar-refractivity contribution is 5.91. The zero-order valence-electron chi connectivity index (χ0n) is 8.92. The van der Waals surface area contributed by atoms with Crippen molar-refractivity contribution in [3.63, 3.8) is 0 Å². The quantitative estimate of drug-likeness (QED) is 0.348. The van der Waals surface area contributed by atoms with Crippen molar-refractivity contribution >= 4 is 5.84 Å². The maximum atomic E-state index is 9.74. The number of nitrogens with zero attached hydrogens (tertiary/aromatic N) is 2. The van der Waals surface area contributed by atoms with Crippen molar-refractivity contribution in [1.82, 2.24) is 4.90 Å². The third-order valence-electron chi connectivity index (χ3n) is 2.76. The number of rotatable bonds is 2. The summed E-state index contributed by atoms with van der Waals surface area (Å²) in [5.74, 6) is 0.153. The lowest BCUT2D eigenvalue weighted by Gasteiger charge is -2.32. The number of aliphatic hydroxyl groups excluding tert-OH is 4. The van der Waals surface area contributed by atoms with Gasteiger partial charge in [-0.05, 0) is 6.08 Å². The van der Waals surface area contributed by atoms with Gasteiger partial charge in [0.1, 0.15) is 24.1 Å². The molecule has 0 aromatic heterocycles. The molecule has 8 heteroatoms. The van der Waals surface area contributed by atoms with E-state index in [1.165, 1.54) is 17.2 Å². The zero-order valence-corrected chi connectivity index (χ0v) is 8.92. The fourth-order valence-corrected chi connectivity index (χ4v) is 1.83. The normalized spacial score (nSPS) is 41.8. The molecule has 96 valence electrons. The SMILES string of the molecule is NC1=NC(O)N([C@@H]2O[C@H](CO)C(O)C2O)C=C1. The van der Waals surface area contributed by atoms with Gasteiger partial charge in [-0.2, -0.15) is 0 Å². The van der Waals surface area contributed by atoms with E-state index in [-0.39, 0.29) is 5.84 Å². The van der Waals surface area contributed by atoms with Crippen molar-refractivity contribution in [1.29, 1.82) is 0 Å². The molecule has 17 heavy (non-hydrogen) atoms. The van der Waals surface area contributed by atoms with Gasteiger partial charge in [-0.25, -0.2) is 4.99 Å². The average Bonchev–Trinajstić information content (AvgIpc) is 2.57. The summed E-state index contributed by atoms with van der Waals surface area (Å²) in [5.41, 5.74) is 5.39. The minimum absolute atomic E-state index is 0.153. The molecule has 2 rings (SSSR count). The monoisotopic (exact) mass is 245 g/mol. The van der Waals surface area contributed by atoms with Crippen LogP contribution in [0.5, 0.6) is 0 Å². The van der Waals surface area contributed by atoms with Crippen LogP contribution in [-0.4, -0.2) is 68.7 Å². The molecule has 0 aromatic rings. The molecule has 0 spiro atoms. The Morgan fingerprint density at radius 2 is 2.06 bits per heavy atom. The summed E-state index contributed by atoms with van der Waals surface area (Å²) in [7, 11) is 0. The summed E-state index contributed by atoms with van der Waals surface area (Å²) in [6.07, 6.45) is -2.78. The molecule has 0 amide bonds. The van der Waals surface area contributed by atoms with E-state index >= 15 is 0 Å². The number of aliphatic imine (C=N–C) groups is 1. The van der Waals surface area contributed by atoms with Crippen LogP contribution in [0.25, 0.3) is 0 Å². The number of aliphatic hydroxyl groups is 4. The molecule has 2 aliphatic rings. The van der Waals surface area contributed by atoms with Gasteiger partial charge in [0.15, 0.2) is 6.23 Å². The van der Waals surface area contributed by atoms with Crippen molar-refractivity contribution in [3.05, 3.63) is 12.3 Å². The second-order valence-electron chi connectivity index (χ2n) is 3.89. The molecular formula is C9H15N3O5. The van der Waals surface area contributed by atoms with Crippen molar-refractivity contribution in [2.24, 2.45) is 10.7 Å². The number of nitrogens with two attached hydrogens (primary N) is 1. The molecule has 1 fully saturated rings. The maximum absolute atomic E-state index is 9.74. The lowest BCUT2D eigenvalue weighted by Crippen LogP contribution is -2.47. The zero-order chi connectivity index (χ0) is 12.6. The van der Waals surface area contributed by atoms with Gasteiger partial charge in [-0.1, -0.05) is 0 Å². The third kappa shape index (κ3) is 2.13.